The summed E-state index contributed by atoms with van der Waals surface area (Å²) in [7, 11) is 0. The molecule has 0 N–H and O–H groups in total. The van der Waals surface area contributed by atoms with E-state index in [0.29, 0.717) is 6.42 Å². The third-order valence-electron chi connectivity index (χ3n) is 3.10. The first-order chi connectivity index (χ1) is 8.72. The van der Waals surface area contributed by atoms with Crippen molar-refractivity contribution < 1.29 is 14.4 Å². The van der Waals surface area contributed by atoms with Crippen LogP contribution < -0.4 is 0 Å². The lowest BCUT2D eigenvalue weighted by molar-refractivity contribution is -0.132. The van der Waals surface area contributed by atoms with Gasteiger partial charge >= 0.3 is 0 Å². The standard InChI is InChI=1S/C15H25O3/c1-2-3-4-5-6-7-8-9-10-11-12-14(17)15(18)13-16/h2-12H2,1H3. The molecule has 0 aliphatic carbocycles. The zero-order valence-corrected chi connectivity index (χ0v) is 11.5. The molecule has 0 aromatic carbocycles. The van der Waals surface area contributed by atoms with Crippen LogP contribution in [0.5, 0.6) is 0 Å². The molecule has 0 aromatic heterocycles. The molecular weight excluding hydrogens is 228 g/mol. The molecule has 103 valence electrons. The molecule has 3 nitrogen and oxygen atoms in total. The van der Waals surface area contributed by atoms with Gasteiger partial charge in [-0.2, -0.15) is 0 Å². The molecule has 0 saturated heterocycles. The fourth-order valence-electron chi connectivity index (χ4n) is 1.94. The molecule has 0 aliphatic rings. The fourth-order valence-corrected chi connectivity index (χ4v) is 1.94. The van der Waals surface area contributed by atoms with Crippen molar-refractivity contribution in [3.63, 3.8) is 0 Å². The molecule has 0 rings (SSSR count). The van der Waals surface area contributed by atoms with Crippen LogP contribution in [0.2, 0.25) is 0 Å². The van der Waals surface area contributed by atoms with Gasteiger partial charge in [-0.25, -0.2) is 0 Å². The number of carbonyl (C=O) groups excluding carboxylic acids is 3. The molecule has 18 heavy (non-hydrogen) atoms. The molecule has 1 radical (unpaired) electrons. The lowest BCUT2D eigenvalue weighted by atomic mass is 10.0. The van der Waals surface area contributed by atoms with Gasteiger partial charge < -0.3 is 0 Å². The summed E-state index contributed by atoms with van der Waals surface area (Å²) < 4.78 is 0. The van der Waals surface area contributed by atoms with Crippen LogP contribution in [-0.2, 0) is 14.4 Å². The van der Waals surface area contributed by atoms with Crippen molar-refractivity contribution in [3.05, 3.63) is 0 Å². The SMILES string of the molecule is CCCCCCCCCCCCC(=O)C(=O)[C]=O. The minimum atomic E-state index is -1.01. The van der Waals surface area contributed by atoms with Gasteiger partial charge in [0.15, 0.2) is 0 Å². The smallest absolute Gasteiger partial charge is 0.280 e. The van der Waals surface area contributed by atoms with Crippen LogP contribution in [0.15, 0.2) is 0 Å². The highest BCUT2D eigenvalue weighted by molar-refractivity contribution is 6.57. The van der Waals surface area contributed by atoms with Gasteiger partial charge in [-0.1, -0.05) is 64.7 Å². The monoisotopic (exact) mass is 253 g/mol. The van der Waals surface area contributed by atoms with Gasteiger partial charge in [-0.3, -0.25) is 14.4 Å². The Bertz CT molecular complexity index is 246. The number of unbranched alkanes of at least 4 members (excludes halogenated alkanes) is 9. The number of hydrogen-bond donors (Lipinski definition) is 0. The molecule has 3 heteroatoms. The molecule has 0 unspecified atom stereocenters. The van der Waals surface area contributed by atoms with Crippen molar-refractivity contribution in [1.82, 2.24) is 0 Å². The Labute approximate surface area is 110 Å². The van der Waals surface area contributed by atoms with Gasteiger partial charge in [0, 0.05) is 6.42 Å². The highest BCUT2D eigenvalue weighted by Gasteiger charge is 2.11. The Balaban J connectivity index is 3.19. The molecule has 0 aromatic rings. The maximum atomic E-state index is 11.0. The third kappa shape index (κ3) is 10.2. The highest BCUT2D eigenvalue weighted by Crippen LogP contribution is 2.11. The summed E-state index contributed by atoms with van der Waals surface area (Å²) in [4.78, 5) is 31.6. The van der Waals surface area contributed by atoms with E-state index in [-0.39, 0.29) is 6.42 Å². The second-order valence-corrected chi connectivity index (χ2v) is 4.79. The summed E-state index contributed by atoms with van der Waals surface area (Å²) >= 11 is 0. The van der Waals surface area contributed by atoms with E-state index in [1.54, 1.807) is 0 Å². The maximum Gasteiger partial charge on any atom is 0.280 e. The van der Waals surface area contributed by atoms with Crippen LogP contribution in [0.25, 0.3) is 0 Å². The van der Waals surface area contributed by atoms with Gasteiger partial charge in [0.2, 0.25) is 5.78 Å². The summed E-state index contributed by atoms with van der Waals surface area (Å²) in [5.74, 6) is -1.60. The summed E-state index contributed by atoms with van der Waals surface area (Å²) in [5, 5.41) is 0. The van der Waals surface area contributed by atoms with Gasteiger partial charge in [0.25, 0.3) is 12.1 Å². The summed E-state index contributed by atoms with van der Waals surface area (Å²) in [6, 6.07) is 0. The number of hydrogen-bond acceptors (Lipinski definition) is 3. The first-order valence-corrected chi connectivity index (χ1v) is 7.17. The van der Waals surface area contributed by atoms with Crippen molar-refractivity contribution in [2.24, 2.45) is 0 Å². The van der Waals surface area contributed by atoms with E-state index >= 15 is 0 Å². The van der Waals surface area contributed by atoms with E-state index in [9.17, 15) is 14.4 Å². The summed E-state index contributed by atoms with van der Waals surface area (Å²) in [5.41, 5.74) is 0. The predicted molar refractivity (Wildman–Crippen MR) is 72.2 cm³/mol. The number of ketones is 2. The highest BCUT2D eigenvalue weighted by atomic mass is 16.2. The second kappa shape index (κ2) is 12.5. The van der Waals surface area contributed by atoms with Crippen molar-refractivity contribution in [1.29, 1.82) is 0 Å². The van der Waals surface area contributed by atoms with Gasteiger partial charge in [0.05, 0.1) is 0 Å². The molecular formula is C15H25O3. The molecule has 0 bridgehead atoms. The van der Waals surface area contributed by atoms with E-state index < -0.39 is 11.6 Å². The zero-order valence-electron chi connectivity index (χ0n) is 11.5. The summed E-state index contributed by atoms with van der Waals surface area (Å²) in [6.07, 6.45) is 13.2. The normalized spacial score (nSPS) is 10.3. The lowest BCUT2D eigenvalue weighted by Gasteiger charge is -2.01. The molecule has 0 amide bonds. The van der Waals surface area contributed by atoms with E-state index in [2.05, 4.69) is 6.92 Å². The van der Waals surface area contributed by atoms with E-state index in [4.69, 9.17) is 0 Å². The lowest BCUT2D eigenvalue weighted by Crippen LogP contribution is -2.14. The van der Waals surface area contributed by atoms with Crippen molar-refractivity contribution in [3.8, 4) is 0 Å². The first kappa shape index (κ1) is 17.0. The Kier molecular flexibility index (Phi) is 11.8. The van der Waals surface area contributed by atoms with Crippen LogP contribution in [-0.4, -0.2) is 17.9 Å². The van der Waals surface area contributed by atoms with Crippen LogP contribution >= 0.6 is 0 Å². The van der Waals surface area contributed by atoms with Crippen LogP contribution in [0.1, 0.15) is 77.6 Å². The zero-order chi connectivity index (χ0) is 13.6. The quantitative estimate of drug-likeness (QED) is 0.286. The Morgan fingerprint density at radius 3 is 1.67 bits per heavy atom. The van der Waals surface area contributed by atoms with Crippen molar-refractivity contribution in [2.45, 2.75) is 77.6 Å². The Morgan fingerprint density at radius 2 is 1.22 bits per heavy atom. The van der Waals surface area contributed by atoms with Crippen LogP contribution in [0.3, 0.4) is 0 Å². The van der Waals surface area contributed by atoms with Crippen molar-refractivity contribution >= 4 is 17.9 Å². The molecule has 0 aliphatic heterocycles. The molecule has 0 heterocycles. The average Bonchev–Trinajstić information content (AvgIpc) is 2.39. The number of Topliss-reactive ketones (excluding diaryl/α,β-unsaturated/α-hetero) is 2. The second-order valence-electron chi connectivity index (χ2n) is 4.79. The maximum absolute atomic E-state index is 11.0. The number of rotatable bonds is 13. The topological polar surface area (TPSA) is 51.2 Å². The Hall–Kier alpha value is -0.990. The largest absolute Gasteiger partial charge is 0.290 e. The van der Waals surface area contributed by atoms with E-state index in [0.717, 1.165) is 19.1 Å². The molecule has 0 saturated carbocycles. The van der Waals surface area contributed by atoms with Crippen LogP contribution in [0.4, 0.5) is 0 Å². The van der Waals surface area contributed by atoms with Gasteiger partial charge in [0.1, 0.15) is 0 Å². The van der Waals surface area contributed by atoms with Crippen LogP contribution in [0, 0.1) is 0 Å². The summed E-state index contributed by atoms with van der Waals surface area (Å²) in [6.45, 7) is 2.22. The van der Waals surface area contributed by atoms with E-state index in [1.807, 2.05) is 0 Å². The minimum Gasteiger partial charge on any atom is -0.290 e. The van der Waals surface area contributed by atoms with Gasteiger partial charge in [-0.05, 0) is 6.42 Å². The molecule has 0 atom stereocenters. The minimum absolute atomic E-state index is 0.199. The average molecular weight is 253 g/mol. The van der Waals surface area contributed by atoms with E-state index in [1.165, 1.54) is 44.9 Å². The van der Waals surface area contributed by atoms with Gasteiger partial charge in [-0.15, -0.1) is 0 Å². The van der Waals surface area contributed by atoms with Crippen molar-refractivity contribution in [2.75, 3.05) is 0 Å². The number of carbonyl (C=O) groups is 2. The molecule has 0 fully saturated rings. The third-order valence-corrected chi connectivity index (χ3v) is 3.10. The first-order valence-electron chi connectivity index (χ1n) is 7.17. The predicted octanol–water partition coefficient (Wildman–Crippen LogP) is 3.55. The fraction of sp³-hybridized carbons (Fsp3) is 0.800. The molecule has 0 spiro atoms. The Morgan fingerprint density at radius 1 is 0.778 bits per heavy atom.